The molecule has 3 heteroatoms. The Kier molecular flexibility index (Phi) is 2.16. The van der Waals surface area contributed by atoms with E-state index in [1.807, 2.05) is 0 Å². The van der Waals surface area contributed by atoms with Crippen molar-refractivity contribution in [1.82, 2.24) is 0 Å². The van der Waals surface area contributed by atoms with Crippen LogP contribution in [0.25, 0.3) is 0 Å². The van der Waals surface area contributed by atoms with Gasteiger partial charge in [0.05, 0.1) is 11.5 Å². The lowest BCUT2D eigenvalue weighted by Crippen LogP contribution is -2.20. The van der Waals surface area contributed by atoms with Crippen LogP contribution < -0.4 is 0 Å². The predicted octanol–water partition coefficient (Wildman–Crippen LogP) is 0.193. The van der Waals surface area contributed by atoms with Gasteiger partial charge in [-0.2, -0.15) is 0 Å². The quantitative estimate of drug-likeness (QED) is 0.497. The predicted molar refractivity (Wildman–Crippen MR) is 33.7 cm³/mol. The van der Waals surface area contributed by atoms with Crippen LogP contribution in [-0.2, 0) is 0 Å². The van der Waals surface area contributed by atoms with Crippen LogP contribution in [0.4, 0.5) is 0 Å². The Morgan fingerprint density at radius 3 is 2.38 bits per heavy atom. The van der Waals surface area contributed by atoms with E-state index in [1.54, 1.807) is 0 Å². The minimum absolute atomic E-state index is 0.177. The fraction of sp³-hybridized carbons (Fsp3) is 1.00. The van der Waals surface area contributed by atoms with E-state index in [-0.39, 0.29) is 11.5 Å². The van der Waals surface area contributed by atoms with E-state index < -0.39 is 0 Å². The van der Waals surface area contributed by atoms with Crippen molar-refractivity contribution in [3.05, 3.63) is 0 Å². The first-order valence-electron chi connectivity index (χ1n) is 2.77. The van der Waals surface area contributed by atoms with Crippen molar-refractivity contribution in [2.45, 2.75) is 24.4 Å². The van der Waals surface area contributed by atoms with Crippen molar-refractivity contribution in [1.29, 1.82) is 0 Å². The zero-order valence-electron chi connectivity index (χ0n) is 4.58. The van der Waals surface area contributed by atoms with Crippen LogP contribution in [0, 0.1) is 0 Å². The number of aliphatic hydroxyl groups is 2. The normalized spacial score (nSPS) is 39.8. The fourth-order valence-corrected chi connectivity index (χ4v) is 1.64. The molecule has 2 N–H and O–H groups in total. The third kappa shape index (κ3) is 1.65. The molecule has 1 rings (SSSR count). The van der Waals surface area contributed by atoms with E-state index in [0.717, 1.165) is 12.8 Å². The van der Waals surface area contributed by atoms with Crippen molar-refractivity contribution in [3.8, 4) is 0 Å². The largest absolute Gasteiger partial charge is 0.392 e. The Morgan fingerprint density at radius 2 is 2.00 bits per heavy atom. The first-order chi connectivity index (χ1) is 3.79. The van der Waals surface area contributed by atoms with Gasteiger partial charge in [-0.05, 0) is 12.8 Å². The molecule has 0 radical (unpaired) electrons. The third-order valence-corrected chi connectivity index (χ3v) is 2.43. The Balaban J connectivity index is 2.19. The van der Waals surface area contributed by atoms with Gasteiger partial charge >= 0.3 is 0 Å². The highest BCUT2D eigenvalue weighted by Gasteiger charge is 2.16. The molecule has 0 aliphatic carbocycles. The van der Waals surface area contributed by atoms with Gasteiger partial charge in [0.25, 0.3) is 0 Å². The number of rotatable bonds is 0. The molecule has 0 aromatic heterocycles. The minimum Gasteiger partial charge on any atom is -0.392 e. The Morgan fingerprint density at radius 1 is 1.25 bits per heavy atom. The second kappa shape index (κ2) is 2.71. The summed E-state index contributed by atoms with van der Waals surface area (Å²) in [6.07, 6.45) is 1.32. The maximum atomic E-state index is 8.90. The van der Waals surface area contributed by atoms with Gasteiger partial charge in [0.1, 0.15) is 0 Å². The summed E-state index contributed by atoms with van der Waals surface area (Å²) in [4.78, 5) is 0. The van der Waals surface area contributed by atoms with Crippen LogP contribution in [0.15, 0.2) is 0 Å². The molecular formula is C5H10O2S. The fourth-order valence-electron chi connectivity index (χ4n) is 0.724. The molecular weight excluding hydrogens is 124 g/mol. The molecule has 1 heterocycles. The van der Waals surface area contributed by atoms with E-state index in [9.17, 15) is 0 Å². The summed E-state index contributed by atoms with van der Waals surface area (Å²) in [5.74, 6) is 0.696. The van der Waals surface area contributed by atoms with Gasteiger partial charge in [0.15, 0.2) is 0 Å². The lowest BCUT2D eigenvalue weighted by Gasteiger charge is -2.20. The van der Waals surface area contributed by atoms with Gasteiger partial charge in [-0.1, -0.05) is 0 Å². The highest BCUT2D eigenvalue weighted by molar-refractivity contribution is 7.99. The monoisotopic (exact) mass is 134 g/mol. The van der Waals surface area contributed by atoms with Gasteiger partial charge in [-0.25, -0.2) is 0 Å². The minimum atomic E-state index is -0.224. The number of hydrogen-bond acceptors (Lipinski definition) is 3. The average molecular weight is 134 g/mol. The topological polar surface area (TPSA) is 40.5 Å². The summed E-state index contributed by atoms with van der Waals surface area (Å²) >= 11 is 1.43. The molecule has 1 aliphatic heterocycles. The second-order valence-electron chi connectivity index (χ2n) is 2.02. The molecule has 48 valence electrons. The molecule has 0 saturated carbocycles. The van der Waals surface area contributed by atoms with Gasteiger partial charge in [-0.3, -0.25) is 0 Å². The maximum absolute atomic E-state index is 8.90. The van der Waals surface area contributed by atoms with Gasteiger partial charge < -0.3 is 10.2 Å². The van der Waals surface area contributed by atoms with Crippen LogP contribution in [0.5, 0.6) is 0 Å². The van der Waals surface area contributed by atoms with Crippen molar-refractivity contribution in [2.24, 2.45) is 0 Å². The summed E-state index contributed by atoms with van der Waals surface area (Å²) in [6.45, 7) is 0. The smallest absolute Gasteiger partial charge is 0.0994 e. The zero-order chi connectivity index (χ0) is 5.98. The van der Waals surface area contributed by atoms with Crippen molar-refractivity contribution in [3.63, 3.8) is 0 Å². The van der Waals surface area contributed by atoms with Crippen molar-refractivity contribution < 1.29 is 10.2 Å². The lowest BCUT2D eigenvalue weighted by atomic mass is 10.2. The second-order valence-corrected chi connectivity index (χ2v) is 3.23. The molecule has 0 bridgehead atoms. The van der Waals surface area contributed by atoms with E-state index >= 15 is 0 Å². The van der Waals surface area contributed by atoms with Crippen molar-refractivity contribution >= 4 is 11.8 Å². The van der Waals surface area contributed by atoms with E-state index in [2.05, 4.69) is 0 Å². The molecule has 2 atom stereocenters. The SMILES string of the molecule is O[C@H]1CC[C@@H](O)SC1. The number of aliphatic hydroxyl groups excluding tert-OH is 2. The summed E-state index contributed by atoms with van der Waals surface area (Å²) in [7, 11) is 0. The maximum Gasteiger partial charge on any atom is 0.0994 e. The van der Waals surface area contributed by atoms with Gasteiger partial charge in [-0.15, -0.1) is 11.8 Å². The molecule has 2 nitrogen and oxygen atoms in total. The molecule has 0 aromatic carbocycles. The van der Waals surface area contributed by atoms with E-state index in [1.165, 1.54) is 11.8 Å². The average Bonchev–Trinajstić information content (AvgIpc) is 1.77. The summed E-state index contributed by atoms with van der Waals surface area (Å²) in [6, 6.07) is 0. The van der Waals surface area contributed by atoms with Crippen LogP contribution in [0.2, 0.25) is 0 Å². The molecule has 0 amide bonds. The Bertz CT molecular complexity index is 58.8. The summed E-state index contributed by atoms with van der Waals surface area (Å²) < 4.78 is 0. The van der Waals surface area contributed by atoms with Crippen LogP contribution >= 0.6 is 11.8 Å². The lowest BCUT2D eigenvalue weighted by molar-refractivity contribution is 0.151. The Labute approximate surface area is 52.9 Å². The zero-order valence-corrected chi connectivity index (χ0v) is 5.40. The molecule has 1 fully saturated rings. The molecule has 1 aliphatic rings. The number of thioether (sulfide) groups is 1. The molecule has 0 unspecified atom stereocenters. The number of hydrogen-bond donors (Lipinski definition) is 2. The first-order valence-corrected chi connectivity index (χ1v) is 3.81. The highest BCUT2D eigenvalue weighted by Crippen LogP contribution is 2.22. The van der Waals surface area contributed by atoms with Gasteiger partial charge in [0, 0.05) is 5.75 Å². The first kappa shape index (κ1) is 6.39. The van der Waals surface area contributed by atoms with Gasteiger partial charge in [0.2, 0.25) is 0 Å². The van der Waals surface area contributed by atoms with E-state index in [0.29, 0.717) is 5.75 Å². The van der Waals surface area contributed by atoms with Crippen LogP contribution in [0.1, 0.15) is 12.8 Å². The Hall–Kier alpha value is 0.270. The summed E-state index contributed by atoms with van der Waals surface area (Å²) in [5, 5.41) is 17.8. The standard InChI is InChI=1S/C5H10O2S/c6-4-1-2-5(7)8-3-4/h4-7H,1-3H2/t4-,5-/m0/s1. The van der Waals surface area contributed by atoms with Crippen LogP contribution in [0.3, 0.4) is 0 Å². The van der Waals surface area contributed by atoms with Crippen LogP contribution in [-0.4, -0.2) is 27.5 Å². The highest BCUT2D eigenvalue weighted by atomic mass is 32.2. The molecule has 1 saturated heterocycles. The van der Waals surface area contributed by atoms with Crippen molar-refractivity contribution in [2.75, 3.05) is 5.75 Å². The van der Waals surface area contributed by atoms with E-state index in [4.69, 9.17) is 10.2 Å². The summed E-state index contributed by atoms with van der Waals surface area (Å²) in [5.41, 5.74) is -0.224. The molecule has 0 spiro atoms. The third-order valence-electron chi connectivity index (χ3n) is 1.23. The molecule has 8 heavy (non-hydrogen) atoms. The molecule has 0 aromatic rings.